The quantitative estimate of drug-likeness (QED) is 0.789. The minimum absolute atomic E-state index is 0.0363. The van der Waals surface area contributed by atoms with E-state index >= 15 is 0 Å². The molecule has 0 bridgehead atoms. The number of nitrogens with zero attached hydrogens (tertiary/aromatic N) is 3. The van der Waals surface area contributed by atoms with Crippen molar-refractivity contribution in [1.82, 2.24) is 20.4 Å². The largest absolute Gasteiger partial charge is 0.367 e. The molecule has 2 saturated heterocycles. The van der Waals surface area contributed by atoms with Crippen LogP contribution in [0.5, 0.6) is 0 Å². The molecule has 0 aromatic carbocycles. The van der Waals surface area contributed by atoms with Gasteiger partial charge in [0.2, 0.25) is 11.7 Å². The number of hydrogen-bond acceptors (Lipinski definition) is 6. The van der Waals surface area contributed by atoms with Gasteiger partial charge < -0.3 is 19.5 Å². The molecule has 17 heavy (non-hydrogen) atoms. The first-order valence-corrected chi connectivity index (χ1v) is 6.14. The molecule has 2 aliphatic rings. The topological polar surface area (TPSA) is 63.4 Å². The third-order valence-corrected chi connectivity index (χ3v) is 3.37. The third-order valence-electron chi connectivity index (χ3n) is 3.37. The summed E-state index contributed by atoms with van der Waals surface area (Å²) in [5.74, 6) is 2.08. The fourth-order valence-electron chi connectivity index (χ4n) is 2.16. The van der Waals surface area contributed by atoms with Gasteiger partial charge in [0.25, 0.3) is 0 Å². The van der Waals surface area contributed by atoms with Crippen LogP contribution in [0.1, 0.15) is 17.8 Å². The summed E-state index contributed by atoms with van der Waals surface area (Å²) in [6.45, 7) is 4.65. The Kier molecular flexibility index (Phi) is 3.09. The highest BCUT2D eigenvalue weighted by molar-refractivity contribution is 4.96. The van der Waals surface area contributed by atoms with E-state index in [9.17, 15) is 0 Å². The van der Waals surface area contributed by atoms with E-state index in [0.717, 1.165) is 45.1 Å². The molecular formula is C11H18N4O2. The van der Waals surface area contributed by atoms with Gasteiger partial charge in [-0.2, -0.15) is 4.98 Å². The summed E-state index contributed by atoms with van der Waals surface area (Å²) in [4.78, 5) is 6.66. The van der Waals surface area contributed by atoms with E-state index < -0.39 is 0 Å². The molecule has 3 heterocycles. The van der Waals surface area contributed by atoms with Gasteiger partial charge in [-0.05, 0) is 26.1 Å². The van der Waals surface area contributed by atoms with Gasteiger partial charge in [0.15, 0.2) is 0 Å². The average molecular weight is 238 g/mol. The van der Waals surface area contributed by atoms with Gasteiger partial charge in [0, 0.05) is 19.5 Å². The Bertz CT molecular complexity index is 377. The number of ether oxygens (including phenoxy) is 1. The van der Waals surface area contributed by atoms with Crippen molar-refractivity contribution in [2.75, 3.05) is 39.8 Å². The molecule has 1 N–H and O–H groups in total. The zero-order chi connectivity index (χ0) is 11.7. The molecule has 1 atom stereocenters. The maximum Gasteiger partial charge on any atom is 0.227 e. The Morgan fingerprint density at radius 2 is 2.35 bits per heavy atom. The van der Waals surface area contributed by atoms with Crippen LogP contribution in [0.25, 0.3) is 0 Å². The van der Waals surface area contributed by atoms with Gasteiger partial charge in [-0.25, -0.2) is 0 Å². The molecule has 1 unspecified atom stereocenters. The van der Waals surface area contributed by atoms with Crippen LogP contribution in [0, 0.1) is 5.92 Å². The number of morpholine rings is 1. The summed E-state index contributed by atoms with van der Waals surface area (Å²) in [5.41, 5.74) is 0. The molecule has 1 aromatic heterocycles. The minimum Gasteiger partial charge on any atom is -0.367 e. The van der Waals surface area contributed by atoms with Crippen LogP contribution in [0.4, 0.5) is 0 Å². The first-order chi connectivity index (χ1) is 8.31. The van der Waals surface area contributed by atoms with E-state index in [4.69, 9.17) is 9.26 Å². The van der Waals surface area contributed by atoms with E-state index in [-0.39, 0.29) is 6.10 Å². The lowest BCUT2D eigenvalue weighted by molar-refractivity contribution is -0.0264. The van der Waals surface area contributed by atoms with Crippen LogP contribution < -0.4 is 5.32 Å². The molecule has 0 saturated carbocycles. The third kappa shape index (κ3) is 2.48. The van der Waals surface area contributed by atoms with Crippen molar-refractivity contribution in [3.05, 3.63) is 11.7 Å². The van der Waals surface area contributed by atoms with Crippen molar-refractivity contribution >= 4 is 0 Å². The number of likely N-dealkylation sites (N-methyl/N-ethyl adjacent to an activating group) is 1. The summed E-state index contributed by atoms with van der Waals surface area (Å²) < 4.78 is 10.9. The normalized spacial score (nSPS) is 27.0. The SMILES string of the molecule is CN1CCOC(c2noc(CC3CNC3)n2)C1. The van der Waals surface area contributed by atoms with Crippen LogP contribution in [0.2, 0.25) is 0 Å². The molecule has 3 rings (SSSR count). The fourth-order valence-corrected chi connectivity index (χ4v) is 2.16. The predicted octanol–water partition coefficient (Wildman–Crippen LogP) is -0.165. The monoisotopic (exact) mass is 238 g/mol. The Morgan fingerprint density at radius 1 is 1.47 bits per heavy atom. The number of aromatic nitrogens is 2. The highest BCUT2D eigenvalue weighted by Gasteiger charge is 2.26. The van der Waals surface area contributed by atoms with Crippen molar-refractivity contribution in [2.24, 2.45) is 5.92 Å². The average Bonchev–Trinajstić information content (AvgIpc) is 2.72. The van der Waals surface area contributed by atoms with E-state index in [1.54, 1.807) is 0 Å². The molecule has 0 spiro atoms. The number of nitrogens with one attached hydrogen (secondary N) is 1. The Balaban J connectivity index is 1.62. The summed E-state index contributed by atoms with van der Waals surface area (Å²) in [6, 6.07) is 0. The number of hydrogen-bond donors (Lipinski definition) is 1. The summed E-state index contributed by atoms with van der Waals surface area (Å²) >= 11 is 0. The van der Waals surface area contributed by atoms with Gasteiger partial charge in [-0.1, -0.05) is 5.16 Å². The molecule has 0 aliphatic carbocycles. The fraction of sp³-hybridized carbons (Fsp3) is 0.818. The maximum atomic E-state index is 5.65. The zero-order valence-electron chi connectivity index (χ0n) is 10.1. The first-order valence-electron chi connectivity index (χ1n) is 6.14. The van der Waals surface area contributed by atoms with Crippen LogP contribution in [0.3, 0.4) is 0 Å². The van der Waals surface area contributed by atoms with E-state index in [2.05, 4.69) is 27.4 Å². The Hall–Kier alpha value is -0.980. The molecule has 2 aliphatic heterocycles. The van der Waals surface area contributed by atoms with Crippen molar-refractivity contribution in [3.63, 3.8) is 0 Å². The molecular weight excluding hydrogens is 220 g/mol. The highest BCUT2D eigenvalue weighted by atomic mass is 16.5. The molecule has 0 radical (unpaired) electrons. The Morgan fingerprint density at radius 3 is 3.06 bits per heavy atom. The van der Waals surface area contributed by atoms with E-state index in [1.807, 2.05) is 0 Å². The van der Waals surface area contributed by atoms with E-state index in [0.29, 0.717) is 11.7 Å². The molecule has 6 heteroatoms. The van der Waals surface area contributed by atoms with Crippen molar-refractivity contribution < 1.29 is 9.26 Å². The van der Waals surface area contributed by atoms with E-state index in [1.165, 1.54) is 0 Å². The van der Waals surface area contributed by atoms with Crippen LogP contribution in [-0.2, 0) is 11.2 Å². The molecule has 6 nitrogen and oxygen atoms in total. The molecule has 0 amide bonds. The van der Waals surface area contributed by atoms with Crippen LogP contribution in [-0.4, -0.2) is 54.9 Å². The minimum atomic E-state index is -0.0363. The standard InChI is InChI=1S/C11H18N4O2/c1-15-2-3-16-9(7-15)11-13-10(17-14-11)4-8-5-12-6-8/h8-9,12H,2-7H2,1H3. The maximum absolute atomic E-state index is 5.65. The molecule has 1 aromatic rings. The highest BCUT2D eigenvalue weighted by Crippen LogP contribution is 2.20. The summed E-state index contributed by atoms with van der Waals surface area (Å²) in [5, 5.41) is 7.26. The van der Waals surface area contributed by atoms with Gasteiger partial charge >= 0.3 is 0 Å². The van der Waals surface area contributed by atoms with Crippen LogP contribution in [0.15, 0.2) is 4.52 Å². The lowest BCUT2D eigenvalue weighted by Crippen LogP contribution is -2.43. The van der Waals surface area contributed by atoms with Crippen molar-refractivity contribution in [2.45, 2.75) is 12.5 Å². The molecule has 2 fully saturated rings. The Labute approximate surface area is 100 Å². The number of rotatable bonds is 3. The first kappa shape index (κ1) is 11.1. The summed E-state index contributed by atoms with van der Waals surface area (Å²) in [7, 11) is 2.08. The van der Waals surface area contributed by atoms with Crippen molar-refractivity contribution in [3.8, 4) is 0 Å². The smallest absolute Gasteiger partial charge is 0.227 e. The van der Waals surface area contributed by atoms with Gasteiger partial charge in [-0.3, -0.25) is 0 Å². The second-order valence-corrected chi connectivity index (χ2v) is 4.90. The van der Waals surface area contributed by atoms with Crippen LogP contribution >= 0.6 is 0 Å². The second kappa shape index (κ2) is 4.72. The van der Waals surface area contributed by atoms with Gasteiger partial charge in [0.05, 0.1) is 6.61 Å². The molecule has 94 valence electrons. The second-order valence-electron chi connectivity index (χ2n) is 4.90. The zero-order valence-corrected chi connectivity index (χ0v) is 10.1. The lowest BCUT2D eigenvalue weighted by Gasteiger charge is -2.27. The lowest BCUT2D eigenvalue weighted by atomic mass is 10.00. The predicted molar refractivity (Wildman–Crippen MR) is 60.6 cm³/mol. The van der Waals surface area contributed by atoms with Crippen molar-refractivity contribution in [1.29, 1.82) is 0 Å². The van der Waals surface area contributed by atoms with Gasteiger partial charge in [-0.15, -0.1) is 0 Å². The van der Waals surface area contributed by atoms with Gasteiger partial charge in [0.1, 0.15) is 6.10 Å². The summed E-state index contributed by atoms with van der Waals surface area (Å²) in [6.07, 6.45) is 0.841.